The van der Waals surface area contributed by atoms with E-state index in [1.54, 1.807) is 0 Å². The molecular weight excluding hydrogens is 230 g/mol. The van der Waals surface area contributed by atoms with E-state index in [2.05, 4.69) is 25.7 Å². The molecule has 0 bridgehead atoms. The Morgan fingerprint density at radius 3 is 2.61 bits per heavy atom. The van der Waals surface area contributed by atoms with Gasteiger partial charge in [-0.1, -0.05) is 19.8 Å². The third-order valence-corrected chi connectivity index (χ3v) is 3.84. The quantitative estimate of drug-likeness (QED) is 0.678. The second kappa shape index (κ2) is 7.10. The van der Waals surface area contributed by atoms with Crippen molar-refractivity contribution < 1.29 is 14.6 Å². The fourth-order valence-electron chi connectivity index (χ4n) is 2.44. The molecule has 1 aliphatic rings. The Balaban J connectivity index is 2.60. The average Bonchev–Trinajstić information content (AvgIpc) is 2.77. The van der Waals surface area contributed by atoms with Crippen molar-refractivity contribution in [1.82, 2.24) is 4.90 Å². The van der Waals surface area contributed by atoms with Crippen LogP contribution in [0.3, 0.4) is 0 Å². The summed E-state index contributed by atoms with van der Waals surface area (Å²) in [6.07, 6.45) is 4.18. The molecule has 0 amide bonds. The summed E-state index contributed by atoms with van der Waals surface area (Å²) in [5, 5.41) is 9.46. The first-order chi connectivity index (χ1) is 8.52. The van der Waals surface area contributed by atoms with Gasteiger partial charge in [-0.2, -0.15) is 0 Å². The molecule has 0 spiro atoms. The smallest absolute Gasteiger partial charge is 0.313 e. The molecule has 18 heavy (non-hydrogen) atoms. The normalized spacial score (nSPS) is 24.1. The van der Waals surface area contributed by atoms with Gasteiger partial charge in [0.25, 0.3) is 0 Å². The number of carboxylic acid groups (broad SMARTS) is 1. The van der Waals surface area contributed by atoms with Crippen LogP contribution in [0.5, 0.6) is 0 Å². The molecule has 1 atom stereocenters. The molecule has 1 N–H and O–H groups in total. The summed E-state index contributed by atoms with van der Waals surface area (Å²) in [4.78, 5) is 13.8. The van der Waals surface area contributed by atoms with E-state index in [9.17, 15) is 9.90 Å². The zero-order valence-corrected chi connectivity index (χ0v) is 11.9. The monoisotopic (exact) mass is 257 g/mol. The number of rotatable bonds is 8. The minimum Gasteiger partial charge on any atom is -0.481 e. The van der Waals surface area contributed by atoms with Gasteiger partial charge in [0.05, 0.1) is 6.61 Å². The maximum absolute atomic E-state index is 11.5. The molecule has 0 aromatic heterocycles. The van der Waals surface area contributed by atoms with Crippen molar-refractivity contribution in [1.29, 1.82) is 0 Å². The van der Waals surface area contributed by atoms with E-state index in [1.807, 2.05) is 0 Å². The Kier molecular flexibility index (Phi) is 6.09. The molecule has 106 valence electrons. The Bertz CT molecular complexity index is 260. The van der Waals surface area contributed by atoms with Gasteiger partial charge in [-0.3, -0.25) is 9.69 Å². The van der Waals surface area contributed by atoms with Gasteiger partial charge in [-0.05, 0) is 33.2 Å². The van der Waals surface area contributed by atoms with Gasteiger partial charge in [0.15, 0.2) is 0 Å². The highest BCUT2D eigenvalue weighted by atomic mass is 16.5. The fraction of sp³-hybridized carbons (Fsp3) is 0.929. The Morgan fingerprint density at radius 1 is 1.44 bits per heavy atom. The molecule has 4 nitrogen and oxygen atoms in total. The molecule has 0 aromatic rings. The number of ether oxygens (including phenoxy) is 1. The molecule has 0 radical (unpaired) electrons. The summed E-state index contributed by atoms with van der Waals surface area (Å²) in [6.45, 7) is 8.99. The standard InChI is InChI=1S/C14H27NO3/c1-4-5-6-8-15(12(2)3)10-14(13(16)17)7-9-18-11-14/h12H,4-11H2,1-3H3,(H,16,17). The van der Waals surface area contributed by atoms with Crippen LogP contribution in [0.4, 0.5) is 0 Å². The lowest BCUT2D eigenvalue weighted by atomic mass is 9.86. The topological polar surface area (TPSA) is 49.8 Å². The van der Waals surface area contributed by atoms with Gasteiger partial charge in [0, 0.05) is 19.2 Å². The zero-order valence-electron chi connectivity index (χ0n) is 11.9. The first-order valence-corrected chi connectivity index (χ1v) is 7.07. The van der Waals surface area contributed by atoms with Crippen LogP contribution in [0, 0.1) is 5.41 Å². The summed E-state index contributed by atoms with van der Waals surface area (Å²) in [5.74, 6) is -0.707. The minimum absolute atomic E-state index is 0.360. The van der Waals surface area contributed by atoms with Crippen LogP contribution in [0.25, 0.3) is 0 Å². The molecule has 0 aliphatic carbocycles. The van der Waals surface area contributed by atoms with Crippen molar-refractivity contribution in [2.24, 2.45) is 5.41 Å². The highest BCUT2D eigenvalue weighted by Crippen LogP contribution is 2.30. The average molecular weight is 257 g/mol. The largest absolute Gasteiger partial charge is 0.481 e. The number of carboxylic acids is 1. The SMILES string of the molecule is CCCCCN(CC1(C(=O)O)CCOC1)C(C)C. The molecule has 1 rings (SSSR count). The summed E-state index contributed by atoms with van der Waals surface area (Å²) in [5.41, 5.74) is -0.684. The van der Waals surface area contributed by atoms with Gasteiger partial charge < -0.3 is 9.84 Å². The van der Waals surface area contributed by atoms with Gasteiger partial charge in [-0.15, -0.1) is 0 Å². The molecule has 1 unspecified atom stereocenters. The number of nitrogens with zero attached hydrogens (tertiary/aromatic N) is 1. The van der Waals surface area contributed by atoms with Crippen molar-refractivity contribution in [2.45, 2.75) is 52.5 Å². The van der Waals surface area contributed by atoms with Crippen molar-refractivity contribution >= 4 is 5.97 Å². The molecule has 1 saturated heterocycles. The van der Waals surface area contributed by atoms with E-state index in [1.165, 1.54) is 12.8 Å². The predicted molar refractivity (Wildman–Crippen MR) is 71.7 cm³/mol. The van der Waals surface area contributed by atoms with E-state index < -0.39 is 11.4 Å². The Morgan fingerprint density at radius 2 is 2.17 bits per heavy atom. The Hall–Kier alpha value is -0.610. The van der Waals surface area contributed by atoms with Crippen LogP contribution < -0.4 is 0 Å². The third-order valence-electron chi connectivity index (χ3n) is 3.84. The second-order valence-electron chi connectivity index (χ2n) is 5.66. The summed E-state index contributed by atoms with van der Waals surface area (Å²) >= 11 is 0. The minimum atomic E-state index is -0.707. The maximum atomic E-state index is 11.5. The van der Waals surface area contributed by atoms with Crippen LogP contribution in [-0.4, -0.2) is 48.3 Å². The molecule has 1 heterocycles. The lowest BCUT2D eigenvalue weighted by Crippen LogP contribution is -2.46. The van der Waals surface area contributed by atoms with E-state index >= 15 is 0 Å². The van der Waals surface area contributed by atoms with Gasteiger partial charge in [0.1, 0.15) is 5.41 Å². The van der Waals surface area contributed by atoms with Crippen molar-refractivity contribution in [3.05, 3.63) is 0 Å². The second-order valence-corrected chi connectivity index (χ2v) is 5.66. The highest BCUT2D eigenvalue weighted by Gasteiger charge is 2.44. The lowest BCUT2D eigenvalue weighted by molar-refractivity contribution is -0.150. The first-order valence-electron chi connectivity index (χ1n) is 7.07. The number of unbranched alkanes of at least 4 members (excludes halogenated alkanes) is 2. The number of hydrogen-bond donors (Lipinski definition) is 1. The molecular formula is C14H27NO3. The Labute approximate surface area is 110 Å². The maximum Gasteiger partial charge on any atom is 0.313 e. The summed E-state index contributed by atoms with van der Waals surface area (Å²) in [6, 6.07) is 0.388. The van der Waals surface area contributed by atoms with Crippen molar-refractivity contribution in [3.63, 3.8) is 0 Å². The molecule has 1 fully saturated rings. The molecule has 0 aromatic carbocycles. The molecule has 0 saturated carbocycles. The summed E-state index contributed by atoms with van der Waals surface area (Å²) < 4.78 is 5.32. The van der Waals surface area contributed by atoms with Crippen molar-refractivity contribution in [3.8, 4) is 0 Å². The van der Waals surface area contributed by atoms with Crippen LogP contribution in [-0.2, 0) is 9.53 Å². The van der Waals surface area contributed by atoms with Gasteiger partial charge >= 0.3 is 5.97 Å². The van der Waals surface area contributed by atoms with Crippen LogP contribution in [0.1, 0.15) is 46.5 Å². The van der Waals surface area contributed by atoms with Crippen LogP contribution in [0.2, 0.25) is 0 Å². The van der Waals surface area contributed by atoms with Crippen LogP contribution in [0.15, 0.2) is 0 Å². The van der Waals surface area contributed by atoms with E-state index in [0.717, 1.165) is 13.0 Å². The first kappa shape index (κ1) is 15.4. The van der Waals surface area contributed by atoms with Crippen molar-refractivity contribution in [2.75, 3.05) is 26.3 Å². The van der Waals surface area contributed by atoms with E-state index in [-0.39, 0.29) is 0 Å². The lowest BCUT2D eigenvalue weighted by Gasteiger charge is -2.33. The highest BCUT2D eigenvalue weighted by molar-refractivity contribution is 5.75. The van der Waals surface area contributed by atoms with Crippen LogP contribution >= 0.6 is 0 Å². The van der Waals surface area contributed by atoms with Gasteiger partial charge in [0.2, 0.25) is 0 Å². The predicted octanol–water partition coefficient (Wildman–Crippen LogP) is 2.38. The molecule has 1 aliphatic heterocycles. The van der Waals surface area contributed by atoms with E-state index in [4.69, 9.17) is 4.74 Å². The number of hydrogen-bond acceptors (Lipinski definition) is 3. The number of aliphatic carboxylic acids is 1. The number of carbonyl (C=O) groups is 1. The third kappa shape index (κ3) is 3.95. The fourth-order valence-corrected chi connectivity index (χ4v) is 2.44. The summed E-state index contributed by atoms with van der Waals surface area (Å²) in [7, 11) is 0. The molecule has 4 heteroatoms. The zero-order chi connectivity index (χ0) is 13.6. The van der Waals surface area contributed by atoms with E-state index in [0.29, 0.717) is 32.2 Å². The van der Waals surface area contributed by atoms with Gasteiger partial charge in [-0.25, -0.2) is 0 Å².